The summed E-state index contributed by atoms with van der Waals surface area (Å²) in [6.45, 7) is 4.94. The van der Waals surface area contributed by atoms with E-state index in [2.05, 4.69) is 0 Å². The topological polar surface area (TPSA) is 93.1 Å². The molecule has 3 aromatic rings. The number of hydrogen-bond acceptors (Lipinski definition) is 6. The molecule has 0 aliphatic carbocycles. The van der Waals surface area contributed by atoms with E-state index in [9.17, 15) is 19.5 Å². The van der Waals surface area contributed by atoms with Crippen LogP contribution < -0.4 is 0 Å². The molecule has 0 fully saturated rings. The maximum Gasteiger partial charge on any atom is 0.435 e. The number of benzene rings is 2. The molecule has 2 aromatic carbocycles. The second-order valence-electron chi connectivity index (χ2n) is 8.19. The van der Waals surface area contributed by atoms with E-state index in [1.807, 2.05) is 30.3 Å². The lowest BCUT2D eigenvalue weighted by Crippen LogP contribution is -2.48. The normalized spacial score (nSPS) is 12.3. The van der Waals surface area contributed by atoms with Gasteiger partial charge in [-0.25, -0.2) is 9.59 Å². The van der Waals surface area contributed by atoms with Crippen LogP contribution in [0.5, 0.6) is 0 Å². The number of carbonyl (C=O) groups is 3. The maximum atomic E-state index is 12.9. The van der Waals surface area contributed by atoms with Crippen LogP contribution in [0.3, 0.4) is 0 Å². The van der Waals surface area contributed by atoms with E-state index < -0.39 is 35.9 Å². The van der Waals surface area contributed by atoms with Crippen molar-refractivity contribution in [3.05, 3.63) is 71.1 Å². The standard InChI is InChI=1S/C24H25NO6S/c1-24(2,3)31-23(29)25(30-15-16-9-5-4-6-10-16)18(22(27)28)14-19(26)21-13-17-11-7-8-12-20(17)32-21/h4-13,18H,14-15H2,1-3H3,(H,27,28). The predicted molar refractivity (Wildman–Crippen MR) is 122 cm³/mol. The number of ether oxygens (including phenoxy) is 1. The Bertz CT molecular complexity index is 1070. The van der Waals surface area contributed by atoms with Gasteiger partial charge in [-0.2, -0.15) is 5.06 Å². The molecule has 0 aliphatic heterocycles. The smallest absolute Gasteiger partial charge is 0.435 e. The van der Waals surface area contributed by atoms with Crippen LogP contribution >= 0.6 is 11.3 Å². The third-order valence-corrected chi connectivity index (χ3v) is 5.59. The summed E-state index contributed by atoms with van der Waals surface area (Å²) in [4.78, 5) is 43.8. The van der Waals surface area contributed by atoms with E-state index in [4.69, 9.17) is 9.57 Å². The molecule has 1 unspecified atom stereocenters. The molecule has 7 nitrogen and oxygen atoms in total. The van der Waals surface area contributed by atoms with Crippen LogP contribution in [0.25, 0.3) is 10.1 Å². The molecule has 0 spiro atoms. The summed E-state index contributed by atoms with van der Waals surface area (Å²) >= 11 is 1.28. The van der Waals surface area contributed by atoms with Crippen LogP contribution in [0.15, 0.2) is 60.7 Å². The van der Waals surface area contributed by atoms with Crippen LogP contribution in [0.1, 0.15) is 42.4 Å². The molecule has 1 amide bonds. The molecule has 3 rings (SSSR count). The minimum Gasteiger partial charge on any atom is -0.480 e. The van der Waals surface area contributed by atoms with Crippen molar-refractivity contribution in [1.29, 1.82) is 0 Å². The Morgan fingerprint density at radius 2 is 1.69 bits per heavy atom. The summed E-state index contributed by atoms with van der Waals surface area (Å²) in [6, 6.07) is 16.7. The van der Waals surface area contributed by atoms with Crippen molar-refractivity contribution in [2.24, 2.45) is 0 Å². The van der Waals surface area contributed by atoms with Crippen LogP contribution in [0, 0.1) is 0 Å². The number of aliphatic carboxylic acids is 1. The average Bonchev–Trinajstić information content (AvgIpc) is 3.16. The number of carboxylic acids is 1. The molecule has 1 heterocycles. The van der Waals surface area contributed by atoms with Crippen molar-refractivity contribution in [1.82, 2.24) is 5.06 Å². The summed E-state index contributed by atoms with van der Waals surface area (Å²) in [5.74, 6) is -1.76. The molecule has 0 saturated heterocycles. The molecule has 0 radical (unpaired) electrons. The van der Waals surface area contributed by atoms with Gasteiger partial charge in [-0.3, -0.25) is 9.63 Å². The molecule has 1 atom stereocenters. The van der Waals surface area contributed by atoms with Crippen LogP contribution in [0.4, 0.5) is 4.79 Å². The average molecular weight is 456 g/mol. The number of nitrogens with zero attached hydrogens (tertiary/aromatic N) is 1. The minimum atomic E-state index is -1.55. The first-order chi connectivity index (χ1) is 15.1. The van der Waals surface area contributed by atoms with E-state index in [0.29, 0.717) is 9.94 Å². The number of carbonyl (C=O) groups excluding carboxylic acids is 2. The number of thiophene rings is 1. The number of Topliss-reactive ketones (excluding diaryl/α,β-unsaturated/α-hetero) is 1. The molecule has 168 valence electrons. The molecule has 8 heteroatoms. The van der Waals surface area contributed by atoms with Crippen molar-refractivity contribution >= 4 is 39.3 Å². The van der Waals surface area contributed by atoms with Gasteiger partial charge in [0.2, 0.25) is 0 Å². The monoisotopic (exact) mass is 455 g/mol. The Kier molecular flexibility index (Phi) is 7.27. The molecule has 0 bridgehead atoms. The summed E-state index contributed by atoms with van der Waals surface area (Å²) < 4.78 is 6.27. The number of hydroxylamine groups is 2. The number of hydrogen-bond donors (Lipinski definition) is 1. The summed E-state index contributed by atoms with van der Waals surface area (Å²) in [7, 11) is 0. The maximum absolute atomic E-state index is 12.9. The van der Waals surface area contributed by atoms with E-state index >= 15 is 0 Å². The van der Waals surface area contributed by atoms with Gasteiger partial charge in [0.05, 0.1) is 4.88 Å². The molecule has 0 aliphatic rings. The molecular weight excluding hydrogens is 430 g/mol. The minimum absolute atomic E-state index is 0.0546. The number of carboxylic acid groups (broad SMARTS) is 1. The predicted octanol–water partition coefficient (Wildman–Crippen LogP) is 5.30. The first-order valence-electron chi connectivity index (χ1n) is 10.1. The largest absolute Gasteiger partial charge is 0.480 e. The quantitative estimate of drug-likeness (QED) is 0.366. The Labute approximate surface area is 190 Å². The van der Waals surface area contributed by atoms with Crippen LogP contribution in [-0.2, 0) is 21.0 Å². The third kappa shape index (κ3) is 6.15. The highest BCUT2D eigenvalue weighted by Gasteiger charge is 2.36. The Morgan fingerprint density at radius 3 is 2.31 bits per heavy atom. The SMILES string of the molecule is CC(C)(C)OC(=O)N(OCc1ccccc1)C(CC(=O)c1cc2ccccc2s1)C(=O)O. The van der Waals surface area contributed by atoms with Gasteiger partial charge in [0.15, 0.2) is 11.8 Å². The third-order valence-electron chi connectivity index (χ3n) is 4.43. The highest BCUT2D eigenvalue weighted by atomic mass is 32.1. The molecule has 1 N–H and O–H groups in total. The molecule has 0 saturated carbocycles. The van der Waals surface area contributed by atoms with Crippen LogP contribution in [-0.4, -0.2) is 39.7 Å². The van der Waals surface area contributed by atoms with E-state index in [-0.39, 0.29) is 6.61 Å². The van der Waals surface area contributed by atoms with Gasteiger partial charge in [0.1, 0.15) is 12.2 Å². The Hall–Kier alpha value is -3.23. The Morgan fingerprint density at radius 1 is 1.03 bits per heavy atom. The Balaban J connectivity index is 1.84. The van der Waals surface area contributed by atoms with E-state index in [0.717, 1.165) is 15.6 Å². The summed E-state index contributed by atoms with van der Waals surface area (Å²) in [5, 5.41) is 11.4. The fourth-order valence-corrected chi connectivity index (χ4v) is 3.97. The van der Waals surface area contributed by atoms with Gasteiger partial charge in [-0.1, -0.05) is 48.5 Å². The lowest BCUT2D eigenvalue weighted by Gasteiger charge is -2.30. The number of amides is 1. The fourth-order valence-electron chi connectivity index (χ4n) is 2.96. The lowest BCUT2D eigenvalue weighted by molar-refractivity contribution is -0.192. The van der Waals surface area contributed by atoms with Gasteiger partial charge in [-0.05, 0) is 43.9 Å². The summed E-state index contributed by atoms with van der Waals surface area (Å²) in [6.07, 6.45) is -1.42. The summed E-state index contributed by atoms with van der Waals surface area (Å²) in [5.41, 5.74) is -0.134. The highest BCUT2D eigenvalue weighted by molar-refractivity contribution is 7.20. The number of ketones is 1. The first kappa shape index (κ1) is 23.4. The van der Waals surface area contributed by atoms with Crippen molar-refractivity contribution in [2.45, 2.75) is 45.4 Å². The van der Waals surface area contributed by atoms with Crippen molar-refractivity contribution < 1.29 is 29.1 Å². The zero-order chi connectivity index (χ0) is 23.3. The molecular formula is C24H25NO6S. The first-order valence-corrected chi connectivity index (χ1v) is 10.9. The number of rotatable bonds is 8. The van der Waals surface area contributed by atoms with Crippen molar-refractivity contribution in [2.75, 3.05) is 0 Å². The number of fused-ring (bicyclic) bond motifs is 1. The van der Waals surface area contributed by atoms with Gasteiger partial charge in [0, 0.05) is 11.1 Å². The molecule has 1 aromatic heterocycles. The molecule has 32 heavy (non-hydrogen) atoms. The van der Waals surface area contributed by atoms with Gasteiger partial charge in [-0.15, -0.1) is 11.3 Å². The zero-order valence-corrected chi connectivity index (χ0v) is 18.9. The van der Waals surface area contributed by atoms with Crippen LogP contribution in [0.2, 0.25) is 0 Å². The van der Waals surface area contributed by atoms with Gasteiger partial charge >= 0.3 is 12.1 Å². The lowest BCUT2D eigenvalue weighted by atomic mass is 10.1. The highest BCUT2D eigenvalue weighted by Crippen LogP contribution is 2.27. The second kappa shape index (κ2) is 9.93. The van der Waals surface area contributed by atoms with E-state index in [1.165, 1.54) is 11.3 Å². The van der Waals surface area contributed by atoms with Gasteiger partial charge < -0.3 is 9.84 Å². The second-order valence-corrected chi connectivity index (χ2v) is 9.28. The van der Waals surface area contributed by atoms with Crippen molar-refractivity contribution in [3.63, 3.8) is 0 Å². The van der Waals surface area contributed by atoms with E-state index in [1.54, 1.807) is 51.1 Å². The van der Waals surface area contributed by atoms with Gasteiger partial charge in [0.25, 0.3) is 0 Å². The zero-order valence-electron chi connectivity index (χ0n) is 18.1. The fraction of sp³-hybridized carbons (Fsp3) is 0.292. The van der Waals surface area contributed by atoms with Crippen molar-refractivity contribution in [3.8, 4) is 0 Å².